The zero-order valence-electron chi connectivity index (χ0n) is 13.8. The van der Waals surface area contributed by atoms with Crippen molar-refractivity contribution in [1.82, 2.24) is 0 Å². The number of benzene rings is 2. The van der Waals surface area contributed by atoms with Crippen molar-refractivity contribution in [3.8, 4) is 11.1 Å². The predicted molar refractivity (Wildman–Crippen MR) is 94.2 cm³/mol. The smallest absolute Gasteiger partial charge is 0.0271 e. The van der Waals surface area contributed by atoms with Gasteiger partial charge in [0.15, 0.2) is 0 Å². The molecule has 2 fully saturated rings. The highest BCUT2D eigenvalue weighted by atomic mass is 14.6. The second-order valence-corrected chi connectivity index (χ2v) is 7.78. The Kier molecular flexibility index (Phi) is 3.15. The van der Waals surface area contributed by atoms with Crippen LogP contribution in [0.1, 0.15) is 62.5 Å². The second-order valence-electron chi connectivity index (χ2n) is 7.78. The fraction of sp³-hybridized carbons (Fsp3) is 0.478. The van der Waals surface area contributed by atoms with Crippen molar-refractivity contribution in [3.05, 3.63) is 59.7 Å². The maximum absolute atomic E-state index is 3.42. The molecule has 0 nitrogen and oxygen atoms in total. The standard InChI is InChI=1S/C23H24/c1-2-10-18-12-4-3-11-17(9-1)23(18)21-15-7-5-13-19(21)20-14-6-8-16-22(20)23/h5-6,13-18H,1-4,9-12H2. The van der Waals surface area contributed by atoms with E-state index in [1.54, 1.807) is 11.1 Å². The molecule has 0 unspecified atom stereocenters. The molecule has 0 N–H and O–H groups in total. The fourth-order valence-corrected chi connectivity index (χ4v) is 6.14. The zero-order valence-corrected chi connectivity index (χ0v) is 13.8. The minimum Gasteiger partial charge on any atom is -0.0537 e. The van der Waals surface area contributed by atoms with Gasteiger partial charge >= 0.3 is 0 Å². The van der Waals surface area contributed by atoms with Gasteiger partial charge in [0, 0.05) is 5.41 Å². The van der Waals surface area contributed by atoms with E-state index in [9.17, 15) is 0 Å². The highest BCUT2D eigenvalue weighted by molar-refractivity contribution is 5.81. The first kappa shape index (κ1) is 13.8. The number of fused-ring (bicyclic) bond motifs is 3. The second kappa shape index (κ2) is 5.23. The van der Waals surface area contributed by atoms with Gasteiger partial charge in [-0.25, -0.2) is 0 Å². The highest BCUT2D eigenvalue weighted by Crippen LogP contribution is 2.62. The van der Waals surface area contributed by atoms with Gasteiger partial charge in [-0.2, -0.15) is 0 Å². The molecule has 0 aromatic heterocycles. The lowest BCUT2D eigenvalue weighted by molar-refractivity contribution is 0.223. The summed E-state index contributed by atoms with van der Waals surface area (Å²) in [5.74, 6) is 1.62. The molecule has 2 aromatic carbocycles. The van der Waals surface area contributed by atoms with Crippen molar-refractivity contribution in [3.63, 3.8) is 0 Å². The normalized spacial score (nSPS) is 27.8. The molecule has 0 amide bonds. The summed E-state index contributed by atoms with van der Waals surface area (Å²) in [6.07, 6.45) is 11.3. The fourth-order valence-electron chi connectivity index (χ4n) is 6.14. The van der Waals surface area contributed by atoms with E-state index in [1.165, 1.54) is 62.5 Å². The molecular formula is C23H24. The lowest BCUT2D eigenvalue weighted by Crippen LogP contribution is -2.40. The van der Waals surface area contributed by atoms with Crippen LogP contribution in [0.3, 0.4) is 0 Å². The van der Waals surface area contributed by atoms with Crippen molar-refractivity contribution >= 4 is 0 Å². The highest BCUT2D eigenvalue weighted by Gasteiger charge is 2.53. The molecule has 1 spiro atoms. The van der Waals surface area contributed by atoms with Gasteiger partial charge in [0.25, 0.3) is 0 Å². The van der Waals surface area contributed by atoms with Crippen molar-refractivity contribution < 1.29 is 0 Å². The van der Waals surface area contributed by atoms with E-state index in [0.29, 0.717) is 0 Å². The molecule has 2 bridgehead atoms. The molecule has 0 heteroatoms. The summed E-state index contributed by atoms with van der Waals surface area (Å²) >= 11 is 0. The van der Waals surface area contributed by atoms with E-state index < -0.39 is 0 Å². The van der Waals surface area contributed by atoms with Crippen LogP contribution < -0.4 is 0 Å². The quantitative estimate of drug-likeness (QED) is 0.565. The molecule has 0 heterocycles. The number of hydrogen-bond donors (Lipinski definition) is 0. The first-order chi connectivity index (χ1) is 11.4. The van der Waals surface area contributed by atoms with E-state index in [1.807, 2.05) is 0 Å². The van der Waals surface area contributed by atoms with Gasteiger partial charge in [-0.3, -0.25) is 0 Å². The molecule has 5 rings (SSSR count). The Morgan fingerprint density at radius 2 is 1.13 bits per heavy atom. The van der Waals surface area contributed by atoms with Crippen molar-refractivity contribution in [2.45, 2.75) is 56.8 Å². The van der Waals surface area contributed by atoms with E-state index in [0.717, 1.165) is 11.8 Å². The molecule has 3 aliphatic rings. The minimum absolute atomic E-state index is 0.257. The number of rotatable bonds is 0. The van der Waals surface area contributed by atoms with Gasteiger partial charge < -0.3 is 0 Å². The lowest BCUT2D eigenvalue weighted by Gasteiger charge is -2.43. The monoisotopic (exact) mass is 300 g/mol. The SMILES string of the molecule is [c]1ccc2c(c1)C1(c3c[c]ccc3-2)C2CCCCC1CCCC2. The van der Waals surface area contributed by atoms with Gasteiger partial charge in [0.2, 0.25) is 0 Å². The van der Waals surface area contributed by atoms with Crippen LogP contribution in [0.2, 0.25) is 0 Å². The van der Waals surface area contributed by atoms with Gasteiger partial charge in [0.1, 0.15) is 0 Å². The Morgan fingerprint density at radius 1 is 0.696 bits per heavy atom. The largest absolute Gasteiger partial charge is 0.0537 e. The Hall–Kier alpha value is -1.56. The molecule has 3 aliphatic carbocycles. The third kappa shape index (κ3) is 1.78. The first-order valence-corrected chi connectivity index (χ1v) is 9.44. The summed E-state index contributed by atoms with van der Waals surface area (Å²) in [5, 5.41) is 0. The Bertz CT molecular complexity index is 651. The van der Waals surface area contributed by atoms with Crippen LogP contribution in [0.25, 0.3) is 11.1 Å². The van der Waals surface area contributed by atoms with E-state index in [4.69, 9.17) is 0 Å². The predicted octanol–water partition coefficient (Wildman–Crippen LogP) is 5.93. The van der Waals surface area contributed by atoms with Crippen LogP contribution in [0.15, 0.2) is 36.4 Å². The van der Waals surface area contributed by atoms with Crippen molar-refractivity contribution in [1.29, 1.82) is 0 Å². The number of hydrogen-bond acceptors (Lipinski definition) is 0. The zero-order chi connectivity index (χ0) is 15.3. The van der Waals surface area contributed by atoms with Crippen LogP contribution in [0, 0.1) is 24.0 Å². The van der Waals surface area contributed by atoms with Crippen LogP contribution in [-0.4, -0.2) is 0 Å². The molecule has 116 valence electrons. The molecule has 23 heavy (non-hydrogen) atoms. The van der Waals surface area contributed by atoms with E-state index in [-0.39, 0.29) is 5.41 Å². The summed E-state index contributed by atoms with van der Waals surface area (Å²) in [6, 6.07) is 20.3. The third-order valence-electron chi connectivity index (χ3n) is 6.91. The molecule has 2 saturated carbocycles. The average Bonchev–Trinajstić information content (AvgIpc) is 2.72. The van der Waals surface area contributed by atoms with Crippen LogP contribution in [-0.2, 0) is 5.41 Å². The molecule has 2 radical (unpaired) electrons. The van der Waals surface area contributed by atoms with E-state index in [2.05, 4.69) is 48.5 Å². The van der Waals surface area contributed by atoms with Crippen LogP contribution >= 0.6 is 0 Å². The molecule has 0 saturated heterocycles. The van der Waals surface area contributed by atoms with Gasteiger partial charge in [-0.1, -0.05) is 49.9 Å². The van der Waals surface area contributed by atoms with Gasteiger partial charge in [-0.15, -0.1) is 0 Å². The van der Waals surface area contributed by atoms with Crippen molar-refractivity contribution in [2.24, 2.45) is 11.8 Å². The maximum Gasteiger partial charge on any atom is 0.0271 e. The Balaban J connectivity index is 1.85. The first-order valence-electron chi connectivity index (χ1n) is 9.44. The minimum atomic E-state index is 0.257. The van der Waals surface area contributed by atoms with Gasteiger partial charge in [0.05, 0.1) is 0 Å². The molecule has 2 aromatic rings. The summed E-state index contributed by atoms with van der Waals surface area (Å²) in [5.41, 5.74) is 6.40. The summed E-state index contributed by atoms with van der Waals surface area (Å²) < 4.78 is 0. The Morgan fingerprint density at radius 3 is 1.57 bits per heavy atom. The molecule has 0 aliphatic heterocycles. The molecule has 0 atom stereocenters. The summed E-state index contributed by atoms with van der Waals surface area (Å²) in [4.78, 5) is 0. The third-order valence-corrected chi connectivity index (χ3v) is 6.91. The van der Waals surface area contributed by atoms with Crippen LogP contribution in [0.4, 0.5) is 0 Å². The summed E-state index contributed by atoms with van der Waals surface area (Å²) in [6.45, 7) is 0. The van der Waals surface area contributed by atoms with E-state index >= 15 is 0 Å². The summed E-state index contributed by atoms with van der Waals surface area (Å²) in [7, 11) is 0. The van der Waals surface area contributed by atoms with Crippen molar-refractivity contribution in [2.75, 3.05) is 0 Å². The lowest BCUT2D eigenvalue weighted by atomic mass is 9.59. The van der Waals surface area contributed by atoms with Gasteiger partial charge in [-0.05, 0) is 84.0 Å². The maximum atomic E-state index is 3.42. The molecular weight excluding hydrogens is 276 g/mol. The topological polar surface area (TPSA) is 0 Å². The average molecular weight is 300 g/mol. The Labute approximate surface area is 139 Å². The van der Waals surface area contributed by atoms with Crippen LogP contribution in [0.5, 0.6) is 0 Å².